The van der Waals surface area contributed by atoms with E-state index < -0.39 is 0 Å². The number of para-hydroxylation sites is 1. The largest absolute Gasteiger partial charge is 0.493 e. The minimum absolute atomic E-state index is 0.231. The Balaban J connectivity index is 1.61. The molecule has 1 aliphatic heterocycles. The Labute approximate surface area is 163 Å². The molecule has 140 valence electrons. The molecule has 6 rings (SSSR count). The van der Waals surface area contributed by atoms with Gasteiger partial charge >= 0.3 is 0 Å². The number of aromatic amines is 1. The van der Waals surface area contributed by atoms with E-state index in [9.17, 15) is 5.11 Å². The smallest absolute Gasteiger partial charge is 0.214 e. The van der Waals surface area contributed by atoms with Crippen LogP contribution in [0.3, 0.4) is 0 Å². The van der Waals surface area contributed by atoms with E-state index in [2.05, 4.69) is 33.8 Å². The molecule has 0 bridgehead atoms. The molecule has 2 aromatic heterocycles. The van der Waals surface area contributed by atoms with E-state index >= 15 is 0 Å². The number of nitrogens with one attached hydrogen (secondary N) is 1. The van der Waals surface area contributed by atoms with Crippen molar-refractivity contribution in [2.24, 2.45) is 5.92 Å². The fourth-order valence-corrected chi connectivity index (χ4v) is 6.00. The van der Waals surface area contributed by atoms with Gasteiger partial charge in [-0.3, -0.25) is 4.57 Å². The quantitative estimate of drug-likeness (QED) is 0.568. The fourth-order valence-electron chi connectivity index (χ4n) is 5.54. The number of benzene rings is 1. The van der Waals surface area contributed by atoms with Crippen molar-refractivity contribution in [3.8, 4) is 5.88 Å². The van der Waals surface area contributed by atoms with E-state index in [4.69, 9.17) is 12.2 Å². The molecule has 4 nitrogen and oxygen atoms in total. The van der Waals surface area contributed by atoms with Crippen LogP contribution in [0.15, 0.2) is 24.3 Å². The van der Waals surface area contributed by atoms with E-state index in [0.717, 1.165) is 29.7 Å². The highest BCUT2D eigenvalue weighted by Crippen LogP contribution is 2.48. The lowest BCUT2D eigenvalue weighted by Gasteiger charge is -2.35. The van der Waals surface area contributed by atoms with Gasteiger partial charge in [0.25, 0.3) is 0 Å². The van der Waals surface area contributed by atoms with Gasteiger partial charge in [-0.15, -0.1) is 0 Å². The number of H-pyrrole nitrogens is 1. The topological polar surface area (TPSA) is 45.9 Å². The predicted octanol–water partition coefficient (Wildman–Crippen LogP) is 5.61. The zero-order chi connectivity index (χ0) is 18.1. The van der Waals surface area contributed by atoms with Crippen LogP contribution in [0.25, 0.3) is 10.9 Å². The lowest BCUT2D eigenvalue weighted by Crippen LogP contribution is -2.28. The molecule has 1 atom stereocenters. The van der Waals surface area contributed by atoms with Gasteiger partial charge in [0.05, 0.1) is 11.7 Å². The highest BCUT2D eigenvalue weighted by molar-refractivity contribution is 7.71. The van der Waals surface area contributed by atoms with Crippen molar-refractivity contribution >= 4 is 23.1 Å². The van der Waals surface area contributed by atoms with Gasteiger partial charge in [-0.25, -0.2) is 0 Å². The summed E-state index contributed by atoms with van der Waals surface area (Å²) in [4.78, 5) is 3.75. The molecular weight excluding hydrogens is 354 g/mol. The molecule has 0 amide bonds. The van der Waals surface area contributed by atoms with Crippen LogP contribution in [-0.4, -0.2) is 19.2 Å². The molecule has 3 heterocycles. The highest BCUT2D eigenvalue weighted by atomic mass is 32.1. The summed E-state index contributed by atoms with van der Waals surface area (Å²) in [6.07, 6.45) is 9.46. The highest BCUT2D eigenvalue weighted by Gasteiger charge is 2.40. The molecule has 1 unspecified atom stereocenters. The van der Waals surface area contributed by atoms with Crippen LogP contribution in [0.5, 0.6) is 5.88 Å². The molecule has 2 aliphatic carbocycles. The van der Waals surface area contributed by atoms with E-state index in [1.807, 2.05) is 4.57 Å². The van der Waals surface area contributed by atoms with E-state index in [0.29, 0.717) is 17.8 Å². The molecule has 2 saturated carbocycles. The van der Waals surface area contributed by atoms with Crippen LogP contribution in [0.1, 0.15) is 74.0 Å². The number of hydrogen-bond donors (Lipinski definition) is 2. The van der Waals surface area contributed by atoms with Crippen molar-refractivity contribution in [2.75, 3.05) is 0 Å². The van der Waals surface area contributed by atoms with Crippen molar-refractivity contribution in [3.05, 3.63) is 46.0 Å². The van der Waals surface area contributed by atoms with Crippen LogP contribution < -0.4 is 0 Å². The Morgan fingerprint density at radius 2 is 1.78 bits per heavy atom. The summed E-state index contributed by atoms with van der Waals surface area (Å²) in [5, 5.41) is 12.4. The molecular formula is C22H25N3OS. The van der Waals surface area contributed by atoms with Crippen LogP contribution in [0.4, 0.5) is 0 Å². The van der Waals surface area contributed by atoms with Crippen molar-refractivity contribution in [1.82, 2.24) is 14.1 Å². The number of nitrogens with zero attached hydrogens (tertiary/aromatic N) is 2. The number of imidazole rings is 1. The Kier molecular flexibility index (Phi) is 3.40. The average Bonchev–Trinajstić information content (AvgIpc) is 3.41. The standard InChI is InChI=1S/C22H25N3OS/c26-21-18-12-16-15-8-4-5-9-17(15)23-19(16)20(13-6-2-1-3-7-13)25(18)22(27)24(21)14-10-11-14/h4-5,8-9,13-14,20,23,26H,1-3,6-7,10-12H2. The second-order valence-electron chi connectivity index (χ2n) is 8.61. The maximum atomic E-state index is 11.1. The zero-order valence-electron chi connectivity index (χ0n) is 15.4. The summed E-state index contributed by atoms with van der Waals surface area (Å²) < 4.78 is 5.18. The lowest BCUT2D eigenvalue weighted by molar-refractivity contribution is 0.265. The average molecular weight is 380 g/mol. The molecule has 0 spiro atoms. The van der Waals surface area contributed by atoms with Crippen molar-refractivity contribution in [2.45, 2.75) is 63.5 Å². The first-order valence-corrected chi connectivity index (χ1v) is 10.8. The molecule has 5 heteroatoms. The minimum atomic E-state index is 0.231. The summed E-state index contributed by atoms with van der Waals surface area (Å²) in [6, 6.07) is 9.22. The molecule has 2 fully saturated rings. The van der Waals surface area contributed by atoms with Gasteiger partial charge in [-0.2, -0.15) is 0 Å². The minimum Gasteiger partial charge on any atom is -0.493 e. The second-order valence-corrected chi connectivity index (χ2v) is 8.97. The predicted molar refractivity (Wildman–Crippen MR) is 109 cm³/mol. The second kappa shape index (κ2) is 5.74. The van der Waals surface area contributed by atoms with E-state index in [-0.39, 0.29) is 6.04 Å². The van der Waals surface area contributed by atoms with E-state index in [1.165, 1.54) is 54.3 Å². The normalized spacial score (nSPS) is 22.7. The number of hydrogen-bond acceptors (Lipinski definition) is 2. The van der Waals surface area contributed by atoms with Crippen molar-refractivity contribution < 1.29 is 5.11 Å². The number of aromatic nitrogens is 3. The molecule has 27 heavy (non-hydrogen) atoms. The van der Waals surface area contributed by atoms with Crippen LogP contribution in [-0.2, 0) is 6.42 Å². The number of fused-ring (bicyclic) bond motifs is 4. The van der Waals surface area contributed by atoms with Crippen LogP contribution in [0, 0.1) is 10.7 Å². The SMILES string of the molecule is Oc1c2n(c(=S)n1C1CC1)C(C1CCCCC1)c1[nH]c3ccccc3c1C2. The third kappa shape index (κ3) is 2.24. The first-order chi connectivity index (χ1) is 13.2. The molecule has 0 saturated heterocycles. The van der Waals surface area contributed by atoms with Gasteiger partial charge in [-0.1, -0.05) is 37.5 Å². The van der Waals surface area contributed by atoms with Gasteiger partial charge in [0.2, 0.25) is 5.88 Å². The maximum absolute atomic E-state index is 11.1. The Morgan fingerprint density at radius 3 is 2.56 bits per heavy atom. The lowest BCUT2D eigenvalue weighted by atomic mass is 9.80. The van der Waals surface area contributed by atoms with Gasteiger partial charge in [-0.05, 0) is 55.4 Å². The molecule has 1 aromatic carbocycles. The zero-order valence-corrected chi connectivity index (χ0v) is 16.3. The summed E-state index contributed by atoms with van der Waals surface area (Å²) in [5.41, 5.74) is 4.92. The molecule has 3 aliphatic rings. The monoisotopic (exact) mass is 379 g/mol. The first kappa shape index (κ1) is 16.0. The summed E-state index contributed by atoms with van der Waals surface area (Å²) >= 11 is 5.92. The number of rotatable bonds is 2. The summed E-state index contributed by atoms with van der Waals surface area (Å²) in [5.74, 6) is 1.00. The van der Waals surface area contributed by atoms with Gasteiger partial charge in [0, 0.05) is 29.1 Å². The van der Waals surface area contributed by atoms with Crippen molar-refractivity contribution in [3.63, 3.8) is 0 Å². The Bertz CT molecular complexity index is 1090. The van der Waals surface area contributed by atoms with Gasteiger partial charge < -0.3 is 14.7 Å². The van der Waals surface area contributed by atoms with Gasteiger partial charge in [0.15, 0.2) is 4.77 Å². The van der Waals surface area contributed by atoms with Crippen molar-refractivity contribution in [1.29, 1.82) is 0 Å². The third-order valence-electron chi connectivity index (χ3n) is 6.96. The Hall–Kier alpha value is -2.01. The molecule has 2 N–H and O–H groups in total. The number of aromatic hydroxyl groups is 1. The maximum Gasteiger partial charge on any atom is 0.214 e. The van der Waals surface area contributed by atoms with Crippen LogP contribution in [0.2, 0.25) is 0 Å². The first-order valence-electron chi connectivity index (χ1n) is 10.4. The summed E-state index contributed by atoms with van der Waals surface area (Å²) in [7, 11) is 0. The summed E-state index contributed by atoms with van der Waals surface area (Å²) in [6.45, 7) is 0. The third-order valence-corrected chi connectivity index (χ3v) is 7.36. The molecule has 0 radical (unpaired) electrons. The molecule has 3 aromatic rings. The van der Waals surface area contributed by atoms with Gasteiger partial charge in [0.1, 0.15) is 0 Å². The fraction of sp³-hybridized carbons (Fsp3) is 0.500. The van der Waals surface area contributed by atoms with Crippen LogP contribution >= 0.6 is 12.2 Å². The van der Waals surface area contributed by atoms with E-state index in [1.54, 1.807) is 0 Å². The Morgan fingerprint density at radius 1 is 1.00 bits per heavy atom.